The maximum atomic E-state index is 11.6. The Morgan fingerprint density at radius 3 is 2.94 bits per heavy atom. The Balaban J connectivity index is 2.27. The van der Waals surface area contributed by atoms with Gasteiger partial charge >= 0.3 is 5.97 Å². The molecule has 1 rings (SSSR count). The summed E-state index contributed by atoms with van der Waals surface area (Å²) in [6, 6.07) is 5.82. The van der Waals surface area contributed by atoms with Crippen molar-refractivity contribution in [2.75, 3.05) is 12.4 Å². The van der Waals surface area contributed by atoms with Crippen molar-refractivity contribution in [1.29, 1.82) is 0 Å². The maximum Gasteiger partial charge on any atom is 0.325 e. The molecule has 100 valence electrons. The molecule has 1 aromatic heterocycles. The zero-order chi connectivity index (χ0) is 13.4. The van der Waals surface area contributed by atoms with Gasteiger partial charge in [0.05, 0.1) is 11.6 Å². The number of carbonyl (C=O) groups excluding carboxylic acids is 1. The van der Waals surface area contributed by atoms with Crippen LogP contribution in [0.1, 0.15) is 26.7 Å². The SMILES string of the molecule is CCOC(=O)C(C)(N)CCCSc1ccccn1. The summed E-state index contributed by atoms with van der Waals surface area (Å²) in [5.41, 5.74) is 5.04. The van der Waals surface area contributed by atoms with Crippen LogP contribution < -0.4 is 5.73 Å². The van der Waals surface area contributed by atoms with Gasteiger partial charge in [-0.2, -0.15) is 0 Å². The van der Waals surface area contributed by atoms with Crippen molar-refractivity contribution in [3.05, 3.63) is 24.4 Å². The lowest BCUT2D eigenvalue weighted by atomic mass is 9.98. The highest BCUT2D eigenvalue weighted by atomic mass is 32.2. The lowest BCUT2D eigenvalue weighted by Gasteiger charge is -2.21. The van der Waals surface area contributed by atoms with E-state index in [1.807, 2.05) is 18.2 Å². The molecule has 2 N–H and O–H groups in total. The molecule has 0 aliphatic heterocycles. The number of esters is 1. The van der Waals surface area contributed by atoms with Crippen molar-refractivity contribution in [2.45, 2.75) is 37.3 Å². The summed E-state index contributed by atoms with van der Waals surface area (Å²) in [5.74, 6) is 0.566. The van der Waals surface area contributed by atoms with Crippen molar-refractivity contribution in [3.8, 4) is 0 Å². The number of nitrogens with zero attached hydrogens (tertiary/aromatic N) is 1. The molecule has 1 unspecified atom stereocenters. The van der Waals surface area contributed by atoms with Crippen molar-refractivity contribution in [1.82, 2.24) is 4.98 Å². The van der Waals surface area contributed by atoms with Crippen LogP contribution in [0, 0.1) is 0 Å². The lowest BCUT2D eigenvalue weighted by Crippen LogP contribution is -2.46. The van der Waals surface area contributed by atoms with E-state index in [9.17, 15) is 4.79 Å². The second kappa shape index (κ2) is 7.38. The molecule has 0 saturated heterocycles. The highest BCUT2D eigenvalue weighted by Gasteiger charge is 2.29. The molecule has 0 radical (unpaired) electrons. The Morgan fingerprint density at radius 1 is 1.56 bits per heavy atom. The average molecular weight is 268 g/mol. The fourth-order valence-electron chi connectivity index (χ4n) is 1.45. The highest BCUT2D eigenvalue weighted by molar-refractivity contribution is 7.99. The second-order valence-electron chi connectivity index (χ2n) is 4.26. The summed E-state index contributed by atoms with van der Waals surface area (Å²) in [6.07, 6.45) is 3.24. The molecule has 0 spiro atoms. The third-order valence-corrected chi connectivity index (χ3v) is 3.50. The zero-order valence-electron chi connectivity index (χ0n) is 10.9. The first-order valence-corrected chi connectivity index (χ1v) is 7.05. The normalized spacial score (nSPS) is 13.9. The number of aromatic nitrogens is 1. The van der Waals surface area contributed by atoms with Gasteiger partial charge in [0.25, 0.3) is 0 Å². The second-order valence-corrected chi connectivity index (χ2v) is 5.37. The number of thioether (sulfide) groups is 1. The van der Waals surface area contributed by atoms with Crippen molar-refractivity contribution >= 4 is 17.7 Å². The van der Waals surface area contributed by atoms with Gasteiger partial charge in [-0.1, -0.05) is 6.07 Å². The minimum absolute atomic E-state index is 0.326. The summed E-state index contributed by atoms with van der Waals surface area (Å²) >= 11 is 1.67. The number of ether oxygens (including phenoxy) is 1. The monoisotopic (exact) mass is 268 g/mol. The van der Waals surface area contributed by atoms with Gasteiger partial charge in [0.1, 0.15) is 5.54 Å². The van der Waals surface area contributed by atoms with Crippen molar-refractivity contribution < 1.29 is 9.53 Å². The Bertz CT molecular complexity index is 369. The number of rotatable bonds is 7. The Morgan fingerprint density at radius 2 is 2.33 bits per heavy atom. The highest BCUT2D eigenvalue weighted by Crippen LogP contribution is 2.19. The molecule has 0 aromatic carbocycles. The molecule has 0 amide bonds. The van der Waals surface area contributed by atoms with Crippen LogP contribution in [0.4, 0.5) is 0 Å². The van der Waals surface area contributed by atoms with E-state index < -0.39 is 5.54 Å². The summed E-state index contributed by atoms with van der Waals surface area (Å²) in [4.78, 5) is 15.8. The maximum absolute atomic E-state index is 11.6. The van der Waals surface area contributed by atoms with E-state index in [4.69, 9.17) is 10.5 Å². The molecule has 0 aliphatic carbocycles. The summed E-state index contributed by atoms with van der Waals surface area (Å²) in [7, 11) is 0. The molecule has 0 aliphatic rings. The molecule has 1 heterocycles. The molecule has 0 fully saturated rings. The fourth-order valence-corrected chi connectivity index (χ4v) is 2.25. The van der Waals surface area contributed by atoms with Crippen molar-refractivity contribution in [3.63, 3.8) is 0 Å². The Kier molecular flexibility index (Phi) is 6.15. The first-order chi connectivity index (χ1) is 8.56. The number of nitrogens with two attached hydrogens (primary N) is 1. The van der Waals surface area contributed by atoms with Crippen LogP contribution in [0.2, 0.25) is 0 Å². The minimum atomic E-state index is -0.888. The lowest BCUT2D eigenvalue weighted by molar-refractivity contribution is -0.149. The van der Waals surface area contributed by atoms with E-state index in [0.29, 0.717) is 13.0 Å². The molecular weight excluding hydrogens is 248 g/mol. The van der Waals surface area contributed by atoms with E-state index in [1.54, 1.807) is 31.8 Å². The van der Waals surface area contributed by atoms with Crippen LogP contribution in [0.25, 0.3) is 0 Å². The zero-order valence-corrected chi connectivity index (χ0v) is 11.7. The summed E-state index contributed by atoms with van der Waals surface area (Å²) in [5, 5.41) is 0.993. The van der Waals surface area contributed by atoms with E-state index >= 15 is 0 Å². The van der Waals surface area contributed by atoms with Gasteiger partial charge in [0.2, 0.25) is 0 Å². The van der Waals surface area contributed by atoms with E-state index in [2.05, 4.69) is 4.98 Å². The number of pyridine rings is 1. The number of hydrogen-bond donors (Lipinski definition) is 1. The molecule has 1 atom stereocenters. The molecular formula is C13H20N2O2S. The topological polar surface area (TPSA) is 65.2 Å². The van der Waals surface area contributed by atoms with E-state index in [0.717, 1.165) is 17.2 Å². The van der Waals surface area contributed by atoms with Crippen molar-refractivity contribution in [2.24, 2.45) is 5.73 Å². The van der Waals surface area contributed by atoms with E-state index in [1.165, 1.54) is 0 Å². The first kappa shape index (κ1) is 15.0. The Labute approximate surface area is 112 Å². The molecule has 4 nitrogen and oxygen atoms in total. The van der Waals surface area contributed by atoms with Gasteiger partial charge in [-0.15, -0.1) is 11.8 Å². The van der Waals surface area contributed by atoms with Crippen LogP contribution in [0.5, 0.6) is 0 Å². The predicted octanol–water partition coefficient (Wildman–Crippen LogP) is 2.23. The molecule has 1 aromatic rings. The molecule has 5 heteroatoms. The molecule has 0 saturated carbocycles. The quantitative estimate of drug-likeness (QED) is 0.467. The standard InChI is InChI=1S/C13H20N2O2S/c1-3-17-12(16)13(2,14)8-6-10-18-11-7-4-5-9-15-11/h4-5,7,9H,3,6,8,10,14H2,1-2H3. The number of carbonyl (C=O) groups is 1. The largest absolute Gasteiger partial charge is 0.465 e. The number of hydrogen-bond acceptors (Lipinski definition) is 5. The first-order valence-electron chi connectivity index (χ1n) is 6.06. The van der Waals surface area contributed by atoms with Gasteiger partial charge in [-0.05, 0) is 44.6 Å². The Hall–Kier alpha value is -1.07. The third-order valence-electron chi connectivity index (χ3n) is 2.47. The van der Waals surface area contributed by atoms with Crippen LogP contribution in [0.3, 0.4) is 0 Å². The van der Waals surface area contributed by atoms with Gasteiger partial charge in [-0.3, -0.25) is 4.79 Å². The van der Waals surface area contributed by atoms with Crippen LogP contribution >= 0.6 is 11.8 Å². The average Bonchev–Trinajstić information content (AvgIpc) is 2.36. The van der Waals surface area contributed by atoms with Gasteiger partial charge in [-0.25, -0.2) is 4.98 Å². The van der Waals surface area contributed by atoms with Gasteiger partial charge < -0.3 is 10.5 Å². The van der Waals surface area contributed by atoms with Gasteiger partial charge in [0.15, 0.2) is 0 Å². The molecule has 18 heavy (non-hydrogen) atoms. The summed E-state index contributed by atoms with van der Waals surface area (Å²) in [6.45, 7) is 3.87. The fraction of sp³-hybridized carbons (Fsp3) is 0.538. The van der Waals surface area contributed by atoms with Gasteiger partial charge in [0, 0.05) is 6.20 Å². The minimum Gasteiger partial charge on any atom is -0.465 e. The predicted molar refractivity (Wildman–Crippen MR) is 73.4 cm³/mol. The molecule has 0 bridgehead atoms. The van der Waals surface area contributed by atoms with Crippen LogP contribution in [-0.2, 0) is 9.53 Å². The summed E-state index contributed by atoms with van der Waals surface area (Å²) < 4.78 is 4.94. The van der Waals surface area contributed by atoms with Crippen LogP contribution in [-0.4, -0.2) is 28.9 Å². The smallest absolute Gasteiger partial charge is 0.325 e. The third kappa shape index (κ3) is 5.06. The van der Waals surface area contributed by atoms with Crippen LogP contribution in [0.15, 0.2) is 29.4 Å². The van der Waals surface area contributed by atoms with E-state index in [-0.39, 0.29) is 5.97 Å².